The maximum absolute atomic E-state index is 12.1. The van der Waals surface area contributed by atoms with Crippen LogP contribution in [-0.4, -0.2) is 23.9 Å². The molecule has 0 aromatic heterocycles. The number of carbonyl (C=O) groups excluding carboxylic acids is 3. The minimum Gasteiger partial charge on any atom is -0.335 e. The van der Waals surface area contributed by atoms with Crippen LogP contribution in [0.5, 0.6) is 0 Å². The van der Waals surface area contributed by atoms with Crippen molar-refractivity contribution in [3.8, 4) is 0 Å². The summed E-state index contributed by atoms with van der Waals surface area (Å²) in [5, 5.41) is 7.60. The van der Waals surface area contributed by atoms with Gasteiger partial charge in [0.2, 0.25) is 11.8 Å². The molecule has 21 heavy (non-hydrogen) atoms. The highest BCUT2D eigenvalue weighted by atomic mass is 16.2. The van der Waals surface area contributed by atoms with Crippen molar-refractivity contribution in [3.05, 3.63) is 29.3 Å². The summed E-state index contributed by atoms with van der Waals surface area (Å²) in [6.07, 6.45) is 0.0284. The summed E-state index contributed by atoms with van der Waals surface area (Å²) in [5.74, 6) is -1.22. The Bertz CT molecular complexity index is 598. The second kappa shape index (κ2) is 5.95. The van der Waals surface area contributed by atoms with E-state index in [0.717, 1.165) is 16.8 Å². The Balaban J connectivity index is 2.03. The Morgan fingerprint density at radius 2 is 2.00 bits per heavy atom. The number of hydrogen-bond donors (Lipinski definition) is 3. The molecule has 1 fully saturated rings. The molecule has 6 nitrogen and oxygen atoms in total. The molecule has 0 saturated carbocycles. The van der Waals surface area contributed by atoms with Gasteiger partial charge in [0.1, 0.15) is 0 Å². The van der Waals surface area contributed by atoms with Crippen molar-refractivity contribution in [2.45, 2.75) is 33.2 Å². The van der Waals surface area contributed by atoms with Gasteiger partial charge in [-0.25, -0.2) is 4.79 Å². The quantitative estimate of drug-likeness (QED) is 0.787. The van der Waals surface area contributed by atoms with Crippen molar-refractivity contribution in [1.29, 1.82) is 0 Å². The lowest BCUT2D eigenvalue weighted by Gasteiger charge is -2.28. The molecule has 2 unspecified atom stereocenters. The molecule has 0 aliphatic carbocycles. The number of benzene rings is 1. The largest absolute Gasteiger partial charge is 0.335 e. The third-order valence-electron chi connectivity index (χ3n) is 3.61. The number of nitrogens with one attached hydrogen (secondary N) is 3. The van der Waals surface area contributed by atoms with Crippen molar-refractivity contribution in [3.63, 3.8) is 0 Å². The summed E-state index contributed by atoms with van der Waals surface area (Å²) in [5.41, 5.74) is 2.75. The summed E-state index contributed by atoms with van der Waals surface area (Å²) in [4.78, 5) is 35.0. The first-order valence-electron chi connectivity index (χ1n) is 6.85. The predicted molar refractivity (Wildman–Crippen MR) is 78.8 cm³/mol. The van der Waals surface area contributed by atoms with Crippen LogP contribution in [-0.2, 0) is 9.59 Å². The van der Waals surface area contributed by atoms with E-state index < -0.39 is 17.9 Å². The molecule has 1 aromatic carbocycles. The molecule has 0 bridgehead atoms. The van der Waals surface area contributed by atoms with E-state index in [1.54, 1.807) is 6.92 Å². The van der Waals surface area contributed by atoms with Crippen LogP contribution in [0.2, 0.25) is 0 Å². The lowest BCUT2D eigenvalue weighted by molar-refractivity contribution is -0.129. The van der Waals surface area contributed by atoms with Gasteiger partial charge in [-0.15, -0.1) is 0 Å². The average molecular weight is 289 g/mol. The molecule has 4 amide bonds. The normalized spacial score (nSPS) is 21.5. The van der Waals surface area contributed by atoms with Crippen molar-refractivity contribution in [2.24, 2.45) is 5.92 Å². The molecule has 112 valence electrons. The van der Waals surface area contributed by atoms with E-state index in [2.05, 4.69) is 16.0 Å². The molecule has 0 radical (unpaired) electrons. The second-order valence-electron chi connectivity index (χ2n) is 5.43. The first kappa shape index (κ1) is 15.0. The first-order valence-corrected chi connectivity index (χ1v) is 6.85. The molecule has 1 aromatic rings. The van der Waals surface area contributed by atoms with Crippen LogP contribution < -0.4 is 16.0 Å². The zero-order valence-corrected chi connectivity index (χ0v) is 12.3. The molecule has 1 aliphatic heterocycles. The van der Waals surface area contributed by atoms with Crippen LogP contribution >= 0.6 is 0 Å². The highest BCUT2D eigenvalue weighted by Crippen LogP contribution is 2.19. The van der Waals surface area contributed by atoms with E-state index >= 15 is 0 Å². The van der Waals surface area contributed by atoms with Crippen LogP contribution in [0.4, 0.5) is 10.5 Å². The van der Waals surface area contributed by atoms with Crippen LogP contribution in [0.25, 0.3) is 0 Å². The molecular weight excluding hydrogens is 270 g/mol. The van der Waals surface area contributed by atoms with E-state index in [-0.39, 0.29) is 18.4 Å². The van der Waals surface area contributed by atoms with Crippen molar-refractivity contribution < 1.29 is 14.4 Å². The van der Waals surface area contributed by atoms with Crippen LogP contribution in [0.15, 0.2) is 18.2 Å². The summed E-state index contributed by atoms with van der Waals surface area (Å²) in [6, 6.07) is 4.91. The molecule has 2 rings (SSSR count). The number of aryl methyl sites for hydroxylation is 2. The number of amides is 4. The molecule has 0 spiro atoms. The number of hydrogen-bond acceptors (Lipinski definition) is 3. The lowest BCUT2D eigenvalue weighted by atomic mass is 9.94. The van der Waals surface area contributed by atoms with Crippen LogP contribution in [0, 0.1) is 19.8 Å². The number of imide groups is 1. The van der Waals surface area contributed by atoms with E-state index in [4.69, 9.17) is 0 Å². The Kier molecular flexibility index (Phi) is 4.26. The molecule has 6 heteroatoms. The van der Waals surface area contributed by atoms with E-state index in [0.29, 0.717) is 0 Å². The smallest absolute Gasteiger partial charge is 0.321 e. The highest BCUT2D eigenvalue weighted by molar-refractivity contribution is 6.01. The SMILES string of the molecule is Cc1ccc(C)c(NC(=O)CC2C(=O)NC(=O)NC2C)c1. The first-order chi connectivity index (χ1) is 9.86. The fourth-order valence-corrected chi connectivity index (χ4v) is 2.32. The van der Waals surface area contributed by atoms with Gasteiger partial charge in [-0.2, -0.15) is 0 Å². The van der Waals surface area contributed by atoms with Gasteiger partial charge in [0, 0.05) is 18.2 Å². The standard InChI is InChI=1S/C15H19N3O3/c1-8-4-5-9(2)12(6-8)17-13(19)7-11-10(3)16-15(21)18-14(11)20/h4-6,10-11H,7H2,1-3H3,(H,17,19)(H2,16,18,20,21). The fourth-order valence-electron chi connectivity index (χ4n) is 2.32. The molecule has 3 N–H and O–H groups in total. The average Bonchev–Trinajstić information content (AvgIpc) is 2.38. The number of urea groups is 1. The summed E-state index contributed by atoms with van der Waals surface area (Å²) >= 11 is 0. The molecule has 1 saturated heterocycles. The van der Waals surface area contributed by atoms with Gasteiger partial charge in [0.05, 0.1) is 5.92 Å². The Hall–Kier alpha value is -2.37. The van der Waals surface area contributed by atoms with Crippen LogP contribution in [0.1, 0.15) is 24.5 Å². The van der Waals surface area contributed by atoms with Gasteiger partial charge in [0.25, 0.3) is 0 Å². The van der Waals surface area contributed by atoms with Crippen molar-refractivity contribution in [2.75, 3.05) is 5.32 Å². The minimum atomic E-state index is -0.562. The molecule has 1 heterocycles. The summed E-state index contributed by atoms with van der Waals surface area (Å²) < 4.78 is 0. The highest BCUT2D eigenvalue weighted by Gasteiger charge is 2.34. The fraction of sp³-hybridized carbons (Fsp3) is 0.400. The van der Waals surface area contributed by atoms with Gasteiger partial charge in [-0.1, -0.05) is 12.1 Å². The third-order valence-corrected chi connectivity index (χ3v) is 3.61. The maximum atomic E-state index is 12.1. The van der Waals surface area contributed by atoms with E-state index in [1.807, 2.05) is 32.0 Å². The monoisotopic (exact) mass is 289 g/mol. The number of rotatable bonds is 3. The Morgan fingerprint density at radius 3 is 2.67 bits per heavy atom. The maximum Gasteiger partial charge on any atom is 0.321 e. The predicted octanol–water partition coefficient (Wildman–Crippen LogP) is 1.48. The molecule has 1 aliphatic rings. The van der Waals surface area contributed by atoms with Crippen molar-refractivity contribution in [1.82, 2.24) is 10.6 Å². The lowest BCUT2D eigenvalue weighted by Crippen LogP contribution is -2.57. The zero-order chi connectivity index (χ0) is 15.6. The summed E-state index contributed by atoms with van der Waals surface area (Å²) in [7, 11) is 0. The zero-order valence-electron chi connectivity index (χ0n) is 12.3. The Labute approximate surface area is 123 Å². The third kappa shape index (κ3) is 3.59. The topological polar surface area (TPSA) is 87.3 Å². The van der Waals surface area contributed by atoms with Gasteiger partial charge >= 0.3 is 6.03 Å². The molecule has 2 atom stereocenters. The number of anilines is 1. The van der Waals surface area contributed by atoms with Gasteiger partial charge in [0.15, 0.2) is 0 Å². The Morgan fingerprint density at radius 1 is 1.29 bits per heavy atom. The van der Waals surface area contributed by atoms with E-state index in [9.17, 15) is 14.4 Å². The van der Waals surface area contributed by atoms with Gasteiger partial charge < -0.3 is 10.6 Å². The van der Waals surface area contributed by atoms with Gasteiger partial charge in [-0.05, 0) is 38.0 Å². The van der Waals surface area contributed by atoms with Gasteiger partial charge in [-0.3, -0.25) is 14.9 Å². The van der Waals surface area contributed by atoms with E-state index in [1.165, 1.54) is 0 Å². The second-order valence-corrected chi connectivity index (χ2v) is 5.43. The number of carbonyl (C=O) groups is 3. The summed E-state index contributed by atoms with van der Waals surface area (Å²) in [6.45, 7) is 5.57. The van der Waals surface area contributed by atoms with Crippen molar-refractivity contribution >= 4 is 23.5 Å². The molecular formula is C15H19N3O3. The van der Waals surface area contributed by atoms with Crippen LogP contribution in [0.3, 0.4) is 0 Å². The minimum absolute atomic E-state index is 0.0284.